The smallest absolute Gasteiger partial charge is 0.358 e. The van der Waals surface area contributed by atoms with Gasteiger partial charge in [0.05, 0.1) is 0 Å². The molecule has 0 spiro atoms. The van der Waals surface area contributed by atoms with E-state index in [0.29, 0.717) is 5.13 Å². The lowest BCUT2D eigenvalue weighted by molar-refractivity contribution is 0.0470. The number of anilines is 2. The van der Waals surface area contributed by atoms with E-state index in [2.05, 4.69) is 10.3 Å². The van der Waals surface area contributed by atoms with E-state index >= 15 is 0 Å². The second-order valence-electron chi connectivity index (χ2n) is 5.97. The van der Waals surface area contributed by atoms with Crippen LogP contribution in [0.2, 0.25) is 0 Å². The van der Waals surface area contributed by atoms with Crippen molar-refractivity contribution < 1.29 is 18.7 Å². The monoisotopic (exact) mass is 384 g/mol. The van der Waals surface area contributed by atoms with Crippen LogP contribution in [-0.4, -0.2) is 23.3 Å². The lowest BCUT2D eigenvalue weighted by Crippen LogP contribution is -2.14. The van der Waals surface area contributed by atoms with Crippen LogP contribution in [0.4, 0.5) is 15.2 Å². The fourth-order valence-corrected chi connectivity index (χ4v) is 2.99. The highest BCUT2D eigenvalue weighted by Crippen LogP contribution is 2.23. The van der Waals surface area contributed by atoms with Crippen LogP contribution in [0.3, 0.4) is 0 Å². The van der Waals surface area contributed by atoms with E-state index in [4.69, 9.17) is 4.74 Å². The third kappa shape index (κ3) is 4.77. The van der Waals surface area contributed by atoms with Crippen LogP contribution in [0.25, 0.3) is 0 Å². The second kappa shape index (κ2) is 8.09. The molecule has 0 radical (unpaired) electrons. The minimum atomic E-state index is -0.685. The maximum atomic E-state index is 12.9. The Labute approximate surface area is 159 Å². The van der Waals surface area contributed by atoms with Crippen LogP contribution in [0, 0.1) is 19.7 Å². The summed E-state index contributed by atoms with van der Waals surface area (Å²) in [5, 5.41) is 5.25. The number of Topliss-reactive ketones (excluding diaryl/α,β-unsaturated/α-hetero) is 1. The SMILES string of the molecule is Cc1ccc(Nc2nc(C(=O)OCC(=O)c3ccc(F)cc3)cs2)cc1C. The Bertz CT molecular complexity index is 983. The van der Waals surface area contributed by atoms with Gasteiger partial charge in [0.25, 0.3) is 0 Å². The zero-order valence-electron chi connectivity index (χ0n) is 14.8. The molecule has 0 saturated carbocycles. The fourth-order valence-electron chi connectivity index (χ4n) is 2.29. The van der Waals surface area contributed by atoms with Gasteiger partial charge in [0, 0.05) is 16.6 Å². The number of nitrogens with zero attached hydrogens (tertiary/aromatic N) is 1. The lowest BCUT2D eigenvalue weighted by Gasteiger charge is -2.05. The van der Waals surface area contributed by atoms with Gasteiger partial charge in [0.2, 0.25) is 0 Å². The average molecular weight is 384 g/mol. The number of benzene rings is 2. The van der Waals surface area contributed by atoms with E-state index in [1.807, 2.05) is 32.0 Å². The summed E-state index contributed by atoms with van der Waals surface area (Å²) < 4.78 is 17.9. The summed E-state index contributed by atoms with van der Waals surface area (Å²) in [6.45, 7) is 3.62. The largest absolute Gasteiger partial charge is 0.453 e. The predicted molar refractivity (Wildman–Crippen MR) is 102 cm³/mol. The van der Waals surface area contributed by atoms with E-state index < -0.39 is 24.2 Å². The van der Waals surface area contributed by atoms with E-state index in [1.165, 1.54) is 41.2 Å². The maximum absolute atomic E-state index is 12.9. The number of ketones is 1. The molecule has 0 aliphatic rings. The maximum Gasteiger partial charge on any atom is 0.358 e. The first-order valence-electron chi connectivity index (χ1n) is 8.18. The van der Waals surface area contributed by atoms with Gasteiger partial charge in [-0.05, 0) is 61.4 Å². The van der Waals surface area contributed by atoms with Gasteiger partial charge in [-0.3, -0.25) is 4.79 Å². The van der Waals surface area contributed by atoms with Crippen molar-refractivity contribution in [1.29, 1.82) is 0 Å². The summed E-state index contributed by atoms with van der Waals surface area (Å²) in [6.07, 6.45) is 0. The average Bonchev–Trinajstić information content (AvgIpc) is 3.11. The normalized spacial score (nSPS) is 10.5. The number of hydrogen-bond acceptors (Lipinski definition) is 6. The van der Waals surface area contributed by atoms with Gasteiger partial charge in [-0.2, -0.15) is 0 Å². The number of aromatic nitrogens is 1. The van der Waals surface area contributed by atoms with E-state index in [-0.39, 0.29) is 11.3 Å². The highest BCUT2D eigenvalue weighted by Gasteiger charge is 2.15. The van der Waals surface area contributed by atoms with Crippen molar-refractivity contribution in [1.82, 2.24) is 4.98 Å². The molecule has 0 fully saturated rings. The number of carbonyl (C=O) groups excluding carboxylic acids is 2. The summed E-state index contributed by atoms with van der Waals surface area (Å²) in [5.41, 5.74) is 3.61. The van der Waals surface area contributed by atoms with Gasteiger partial charge in [-0.25, -0.2) is 14.2 Å². The van der Waals surface area contributed by atoms with Crippen molar-refractivity contribution in [2.45, 2.75) is 13.8 Å². The first kappa shape index (κ1) is 18.7. The Balaban J connectivity index is 1.58. The zero-order valence-corrected chi connectivity index (χ0v) is 15.6. The second-order valence-corrected chi connectivity index (χ2v) is 6.83. The first-order valence-corrected chi connectivity index (χ1v) is 9.06. The molecule has 1 N–H and O–H groups in total. The molecule has 5 nitrogen and oxygen atoms in total. The van der Waals surface area contributed by atoms with E-state index in [9.17, 15) is 14.0 Å². The van der Waals surface area contributed by atoms with E-state index in [1.54, 1.807) is 5.38 Å². The Morgan fingerprint density at radius 2 is 1.85 bits per heavy atom. The van der Waals surface area contributed by atoms with Crippen molar-refractivity contribution in [3.05, 3.63) is 76.0 Å². The Hall–Kier alpha value is -3.06. The number of thiazole rings is 1. The molecule has 3 aromatic rings. The molecule has 0 amide bonds. The molecule has 27 heavy (non-hydrogen) atoms. The van der Waals surface area contributed by atoms with Crippen molar-refractivity contribution in [2.75, 3.05) is 11.9 Å². The van der Waals surface area contributed by atoms with Gasteiger partial charge in [0.15, 0.2) is 23.2 Å². The summed E-state index contributed by atoms with van der Waals surface area (Å²) >= 11 is 1.27. The molecule has 1 aromatic heterocycles. The number of halogens is 1. The topological polar surface area (TPSA) is 68.3 Å². The highest BCUT2D eigenvalue weighted by atomic mass is 32.1. The number of carbonyl (C=O) groups is 2. The van der Waals surface area contributed by atoms with Crippen molar-refractivity contribution in [3.63, 3.8) is 0 Å². The van der Waals surface area contributed by atoms with Crippen LogP contribution in [0.1, 0.15) is 32.0 Å². The predicted octanol–water partition coefficient (Wildman–Crippen LogP) is 4.68. The molecular weight excluding hydrogens is 367 g/mol. The third-order valence-corrected chi connectivity index (χ3v) is 4.73. The summed E-state index contributed by atoms with van der Waals surface area (Å²) in [5.74, 6) is -1.53. The molecule has 0 atom stereocenters. The Morgan fingerprint density at radius 3 is 2.56 bits per heavy atom. The number of esters is 1. The molecular formula is C20H17FN2O3S. The van der Waals surface area contributed by atoms with Crippen molar-refractivity contribution in [3.8, 4) is 0 Å². The minimum Gasteiger partial charge on any atom is -0.453 e. The third-order valence-electron chi connectivity index (χ3n) is 3.97. The van der Waals surface area contributed by atoms with Crippen LogP contribution < -0.4 is 5.32 Å². The lowest BCUT2D eigenvalue weighted by atomic mass is 10.1. The number of ether oxygens (including phenoxy) is 1. The summed E-state index contributed by atoms with van der Waals surface area (Å²) in [6, 6.07) is 11.0. The molecule has 0 bridgehead atoms. The highest BCUT2D eigenvalue weighted by molar-refractivity contribution is 7.14. The fraction of sp³-hybridized carbons (Fsp3) is 0.150. The standard InChI is InChI=1S/C20H17FN2O3S/c1-12-3-8-16(9-13(12)2)22-20-23-17(11-27-20)19(25)26-10-18(24)14-4-6-15(21)7-5-14/h3-9,11H,10H2,1-2H3,(H,22,23). The van der Waals surface area contributed by atoms with E-state index in [0.717, 1.165) is 11.3 Å². The molecule has 138 valence electrons. The summed E-state index contributed by atoms with van der Waals surface area (Å²) in [4.78, 5) is 28.2. The molecule has 3 rings (SSSR count). The quantitative estimate of drug-likeness (QED) is 0.494. The molecule has 0 saturated heterocycles. The van der Waals surface area contributed by atoms with Crippen LogP contribution in [0.15, 0.2) is 47.8 Å². The molecule has 0 aliphatic carbocycles. The Kier molecular flexibility index (Phi) is 5.61. The van der Waals surface area contributed by atoms with Crippen molar-refractivity contribution >= 4 is 33.9 Å². The molecule has 2 aromatic carbocycles. The van der Waals surface area contributed by atoms with Crippen LogP contribution >= 0.6 is 11.3 Å². The van der Waals surface area contributed by atoms with Crippen LogP contribution in [0.5, 0.6) is 0 Å². The van der Waals surface area contributed by atoms with Crippen LogP contribution in [-0.2, 0) is 4.74 Å². The number of aryl methyl sites for hydroxylation is 2. The van der Waals surface area contributed by atoms with Gasteiger partial charge in [-0.15, -0.1) is 11.3 Å². The van der Waals surface area contributed by atoms with Gasteiger partial charge in [-0.1, -0.05) is 6.07 Å². The Morgan fingerprint density at radius 1 is 1.11 bits per heavy atom. The van der Waals surface area contributed by atoms with Crippen molar-refractivity contribution in [2.24, 2.45) is 0 Å². The summed E-state index contributed by atoms with van der Waals surface area (Å²) in [7, 11) is 0. The number of nitrogens with one attached hydrogen (secondary N) is 1. The number of rotatable bonds is 6. The molecule has 7 heteroatoms. The first-order chi connectivity index (χ1) is 12.9. The molecule has 0 unspecified atom stereocenters. The van der Waals surface area contributed by atoms with Gasteiger partial charge >= 0.3 is 5.97 Å². The number of hydrogen-bond donors (Lipinski definition) is 1. The van der Waals surface area contributed by atoms with Gasteiger partial charge in [0.1, 0.15) is 5.82 Å². The van der Waals surface area contributed by atoms with Gasteiger partial charge < -0.3 is 10.1 Å². The zero-order chi connectivity index (χ0) is 19.4. The molecule has 0 aliphatic heterocycles. The molecule has 1 heterocycles. The minimum absolute atomic E-state index is 0.123.